The number of anilines is 2. The SMILES string of the molecule is O=S1(=O)Nc2c(ccc3cccnc23)-c2cc(N3CCC(O)C3)ccc21. The molecular formula is C19H17N3O3S. The van der Waals surface area contributed by atoms with Crippen molar-refractivity contribution in [1.29, 1.82) is 0 Å². The molecule has 1 fully saturated rings. The second-order valence-electron chi connectivity index (χ2n) is 6.74. The van der Waals surface area contributed by atoms with Crippen molar-refractivity contribution in [3.63, 3.8) is 0 Å². The number of benzene rings is 2. The van der Waals surface area contributed by atoms with E-state index in [-0.39, 0.29) is 11.0 Å². The number of aromatic nitrogens is 1. The van der Waals surface area contributed by atoms with Crippen LogP contribution in [-0.2, 0) is 10.0 Å². The van der Waals surface area contributed by atoms with Crippen LogP contribution in [0.2, 0.25) is 0 Å². The van der Waals surface area contributed by atoms with Gasteiger partial charge in [0.25, 0.3) is 10.0 Å². The van der Waals surface area contributed by atoms with Gasteiger partial charge >= 0.3 is 0 Å². The van der Waals surface area contributed by atoms with E-state index in [9.17, 15) is 13.5 Å². The molecule has 0 amide bonds. The van der Waals surface area contributed by atoms with Gasteiger partial charge in [-0.3, -0.25) is 9.71 Å². The highest BCUT2D eigenvalue weighted by molar-refractivity contribution is 7.93. The molecule has 0 aliphatic carbocycles. The summed E-state index contributed by atoms with van der Waals surface area (Å²) in [5.74, 6) is 0. The second-order valence-corrected chi connectivity index (χ2v) is 8.39. The van der Waals surface area contributed by atoms with E-state index in [1.165, 1.54) is 0 Å². The minimum absolute atomic E-state index is 0.267. The molecule has 0 spiro atoms. The number of sulfonamides is 1. The lowest BCUT2D eigenvalue weighted by atomic mass is 10.00. The first kappa shape index (κ1) is 15.6. The summed E-state index contributed by atoms with van der Waals surface area (Å²) < 4.78 is 28.2. The fourth-order valence-electron chi connectivity index (χ4n) is 3.80. The summed E-state index contributed by atoms with van der Waals surface area (Å²) in [6.07, 6.45) is 2.05. The molecule has 2 aromatic carbocycles. The Labute approximate surface area is 151 Å². The van der Waals surface area contributed by atoms with Crippen molar-refractivity contribution in [2.45, 2.75) is 17.4 Å². The third kappa shape index (κ3) is 2.28. The zero-order chi connectivity index (χ0) is 17.9. The van der Waals surface area contributed by atoms with Crippen LogP contribution in [0.3, 0.4) is 0 Å². The van der Waals surface area contributed by atoms with Crippen LogP contribution < -0.4 is 9.62 Å². The Morgan fingerprint density at radius 2 is 2.04 bits per heavy atom. The molecule has 1 aromatic heterocycles. The molecule has 6 nitrogen and oxygen atoms in total. The molecule has 1 saturated heterocycles. The number of fused-ring (bicyclic) bond motifs is 5. The monoisotopic (exact) mass is 367 g/mol. The summed E-state index contributed by atoms with van der Waals surface area (Å²) in [7, 11) is -3.66. The standard InChI is InChI=1S/C19H17N3O3S/c23-14-7-9-22(11-14)13-4-6-17-16(10-13)15-5-3-12-2-1-8-20-18(12)19(15)21-26(17,24)25/h1-6,8,10,14,21,23H,7,9,11H2. The first-order valence-electron chi connectivity index (χ1n) is 8.51. The van der Waals surface area contributed by atoms with E-state index in [0.717, 1.165) is 29.6 Å². The van der Waals surface area contributed by atoms with Gasteiger partial charge in [-0.1, -0.05) is 18.2 Å². The summed E-state index contributed by atoms with van der Waals surface area (Å²) in [5, 5.41) is 10.7. The highest BCUT2D eigenvalue weighted by Gasteiger charge is 2.30. The maximum Gasteiger partial charge on any atom is 0.262 e. The van der Waals surface area contributed by atoms with Crippen LogP contribution in [0.1, 0.15) is 6.42 Å². The van der Waals surface area contributed by atoms with Crippen molar-refractivity contribution >= 4 is 32.3 Å². The lowest BCUT2D eigenvalue weighted by molar-refractivity contribution is 0.198. The fourth-order valence-corrected chi connectivity index (χ4v) is 5.09. The minimum Gasteiger partial charge on any atom is -0.391 e. The molecule has 0 saturated carbocycles. The predicted molar refractivity (Wildman–Crippen MR) is 101 cm³/mol. The number of nitrogens with zero attached hydrogens (tertiary/aromatic N) is 2. The predicted octanol–water partition coefficient (Wildman–Crippen LogP) is 2.59. The third-order valence-electron chi connectivity index (χ3n) is 5.08. The number of aliphatic hydroxyl groups excluding tert-OH is 1. The Kier molecular flexibility index (Phi) is 3.26. The smallest absolute Gasteiger partial charge is 0.262 e. The molecule has 0 radical (unpaired) electrons. The van der Waals surface area contributed by atoms with Crippen molar-refractivity contribution < 1.29 is 13.5 Å². The number of rotatable bonds is 1. The zero-order valence-corrected chi connectivity index (χ0v) is 14.7. The van der Waals surface area contributed by atoms with Crippen molar-refractivity contribution in [3.05, 3.63) is 48.7 Å². The quantitative estimate of drug-likeness (QED) is 0.691. The average molecular weight is 367 g/mol. The van der Waals surface area contributed by atoms with Gasteiger partial charge < -0.3 is 10.0 Å². The van der Waals surface area contributed by atoms with Crippen LogP contribution in [0.15, 0.2) is 53.6 Å². The summed E-state index contributed by atoms with van der Waals surface area (Å²) >= 11 is 0. The number of pyridine rings is 1. The first-order chi connectivity index (χ1) is 12.5. The molecule has 3 aromatic rings. The number of nitrogens with one attached hydrogen (secondary N) is 1. The van der Waals surface area contributed by atoms with Gasteiger partial charge in [-0.25, -0.2) is 8.42 Å². The van der Waals surface area contributed by atoms with Gasteiger partial charge in [0.2, 0.25) is 0 Å². The van der Waals surface area contributed by atoms with Crippen LogP contribution in [0.4, 0.5) is 11.4 Å². The Morgan fingerprint density at radius 1 is 1.15 bits per heavy atom. The molecular weight excluding hydrogens is 350 g/mol. The van der Waals surface area contributed by atoms with Gasteiger partial charge in [-0.05, 0) is 30.7 Å². The maximum atomic E-state index is 12.8. The van der Waals surface area contributed by atoms with E-state index < -0.39 is 10.0 Å². The molecule has 1 atom stereocenters. The summed E-state index contributed by atoms with van der Waals surface area (Å²) in [4.78, 5) is 6.72. The van der Waals surface area contributed by atoms with Gasteiger partial charge in [0, 0.05) is 41.5 Å². The molecule has 2 aliphatic heterocycles. The normalized spacial score (nSPS) is 20.5. The van der Waals surface area contributed by atoms with Crippen molar-refractivity contribution in [2.24, 2.45) is 0 Å². The summed E-state index contributed by atoms with van der Waals surface area (Å²) in [5.41, 5.74) is 3.58. The first-order valence-corrected chi connectivity index (χ1v) is 9.99. The van der Waals surface area contributed by atoms with Gasteiger partial charge in [0.1, 0.15) is 0 Å². The summed E-state index contributed by atoms with van der Waals surface area (Å²) in [6, 6.07) is 13.0. The van der Waals surface area contributed by atoms with E-state index >= 15 is 0 Å². The van der Waals surface area contributed by atoms with Crippen LogP contribution in [0.25, 0.3) is 22.0 Å². The third-order valence-corrected chi connectivity index (χ3v) is 6.49. The van der Waals surface area contributed by atoms with Crippen LogP contribution in [0.5, 0.6) is 0 Å². The molecule has 26 heavy (non-hydrogen) atoms. The summed E-state index contributed by atoms with van der Waals surface area (Å²) in [6.45, 7) is 1.33. The fraction of sp³-hybridized carbons (Fsp3) is 0.211. The highest BCUT2D eigenvalue weighted by Crippen LogP contribution is 2.43. The van der Waals surface area contributed by atoms with E-state index in [2.05, 4.69) is 14.6 Å². The van der Waals surface area contributed by atoms with Gasteiger partial charge in [0.05, 0.1) is 22.2 Å². The van der Waals surface area contributed by atoms with Crippen molar-refractivity contribution in [2.75, 3.05) is 22.7 Å². The Hall–Kier alpha value is -2.64. The van der Waals surface area contributed by atoms with E-state index in [0.29, 0.717) is 23.3 Å². The van der Waals surface area contributed by atoms with Crippen LogP contribution in [-0.4, -0.2) is 37.7 Å². The molecule has 3 heterocycles. The Balaban J connectivity index is 1.75. The molecule has 7 heteroatoms. The van der Waals surface area contributed by atoms with E-state index in [1.807, 2.05) is 30.3 Å². The molecule has 2 aliphatic rings. The number of hydrogen-bond donors (Lipinski definition) is 2. The van der Waals surface area contributed by atoms with Gasteiger partial charge in [-0.2, -0.15) is 0 Å². The lowest BCUT2D eigenvalue weighted by Gasteiger charge is -2.25. The Morgan fingerprint density at radius 3 is 2.85 bits per heavy atom. The second kappa shape index (κ2) is 5.43. The van der Waals surface area contributed by atoms with E-state index in [4.69, 9.17) is 0 Å². The van der Waals surface area contributed by atoms with E-state index in [1.54, 1.807) is 18.3 Å². The number of aliphatic hydroxyl groups is 1. The molecule has 2 N–H and O–H groups in total. The van der Waals surface area contributed by atoms with Crippen LogP contribution in [0, 0.1) is 0 Å². The topological polar surface area (TPSA) is 82.5 Å². The minimum atomic E-state index is -3.66. The largest absolute Gasteiger partial charge is 0.391 e. The lowest BCUT2D eigenvalue weighted by Crippen LogP contribution is -2.23. The average Bonchev–Trinajstić information content (AvgIpc) is 3.07. The Bertz CT molecular complexity index is 1140. The number of hydrogen-bond acceptors (Lipinski definition) is 5. The number of β-amino-alcohol motifs (C(OH)–C–C–N with tert-alkyl or cyclic N) is 1. The molecule has 0 bridgehead atoms. The van der Waals surface area contributed by atoms with Gasteiger partial charge in [-0.15, -0.1) is 0 Å². The zero-order valence-electron chi connectivity index (χ0n) is 13.9. The molecule has 5 rings (SSSR count). The highest BCUT2D eigenvalue weighted by atomic mass is 32.2. The van der Waals surface area contributed by atoms with Gasteiger partial charge in [0.15, 0.2) is 0 Å². The van der Waals surface area contributed by atoms with Crippen molar-refractivity contribution in [3.8, 4) is 11.1 Å². The molecule has 132 valence electrons. The van der Waals surface area contributed by atoms with Crippen molar-refractivity contribution in [1.82, 2.24) is 4.98 Å². The maximum absolute atomic E-state index is 12.8. The molecule has 1 unspecified atom stereocenters. The van der Waals surface area contributed by atoms with Crippen LogP contribution >= 0.6 is 0 Å².